The minimum absolute atomic E-state index is 0.160. The molecule has 2 fully saturated rings. The molecule has 1 aromatic carbocycles. The van der Waals surface area contributed by atoms with Crippen molar-refractivity contribution in [3.8, 4) is 0 Å². The molecule has 0 aromatic heterocycles. The Kier molecular flexibility index (Phi) is 4.11. The molecule has 1 N–H and O–H groups in total. The van der Waals surface area contributed by atoms with Gasteiger partial charge in [-0.2, -0.15) is 0 Å². The molecular formula is C17H26N2O. The number of ether oxygens (including phenoxy) is 1. The predicted octanol–water partition coefficient (Wildman–Crippen LogP) is 2.03. The molecule has 2 heterocycles. The first kappa shape index (κ1) is 14.1. The summed E-state index contributed by atoms with van der Waals surface area (Å²) in [5.41, 5.74) is 1.58. The third-order valence-electron chi connectivity index (χ3n) is 4.73. The van der Waals surface area contributed by atoms with Crippen LogP contribution in [-0.2, 0) is 10.2 Å². The van der Waals surface area contributed by atoms with E-state index in [2.05, 4.69) is 47.5 Å². The highest BCUT2D eigenvalue weighted by atomic mass is 16.5. The lowest BCUT2D eigenvalue weighted by molar-refractivity contribution is -0.0438. The summed E-state index contributed by atoms with van der Waals surface area (Å²) in [6.45, 7) is 6.68. The fourth-order valence-electron chi connectivity index (χ4n) is 3.80. The first-order valence-corrected chi connectivity index (χ1v) is 7.77. The number of benzene rings is 1. The van der Waals surface area contributed by atoms with Crippen molar-refractivity contribution in [1.29, 1.82) is 0 Å². The Bertz CT molecular complexity index is 424. The van der Waals surface area contributed by atoms with Crippen molar-refractivity contribution < 1.29 is 4.74 Å². The van der Waals surface area contributed by atoms with Crippen molar-refractivity contribution in [2.45, 2.75) is 37.4 Å². The highest BCUT2D eigenvalue weighted by Gasteiger charge is 2.37. The number of hydrogen-bond donors (Lipinski definition) is 1. The summed E-state index contributed by atoms with van der Waals surface area (Å²) >= 11 is 0. The third-order valence-corrected chi connectivity index (χ3v) is 4.73. The predicted molar refractivity (Wildman–Crippen MR) is 82.1 cm³/mol. The molecule has 0 saturated carbocycles. The van der Waals surface area contributed by atoms with Gasteiger partial charge in [0.15, 0.2) is 0 Å². The van der Waals surface area contributed by atoms with E-state index in [1.807, 2.05) is 7.05 Å². The number of morpholine rings is 1. The summed E-state index contributed by atoms with van der Waals surface area (Å²) in [5.74, 6) is 0. The van der Waals surface area contributed by atoms with E-state index in [0.717, 1.165) is 26.2 Å². The molecule has 2 aliphatic rings. The van der Waals surface area contributed by atoms with Gasteiger partial charge >= 0.3 is 0 Å². The van der Waals surface area contributed by atoms with Crippen molar-refractivity contribution in [1.82, 2.24) is 10.2 Å². The van der Waals surface area contributed by atoms with Crippen LogP contribution in [0, 0.1) is 0 Å². The van der Waals surface area contributed by atoms with Gasteiger partial charge in [0, 0.05) is 31.6 Å². The van der Waals surface area contributed by atoms with Crippen molar-refractivity contribution in [2.24, 2.45) is 0 Å². The molecule has 0 aliphatic carbocycles. The average molecular weight is 274 g/mol. The molecule has 3 heteroatoms. The van der Waals surface area contributed by atoms with Crippen LogP contribution in [0.15, 0.2) is 30.3 Å². The lowest BCUT2D eigenvalue weighted by Gasteiger charge is -2.39. The Hall–Kier alpha value is -0.900. The number of likely N-dealkylation sites (N-methyl/N-ethyl adjacent to an activating group) is 1. The molecule has 2 saturated heterocycles. The Labute approximate surface area is 122 Å². The standard InChI is InChI=1S/C17H26N2O/c1-17(12-18-2,14-6-4-3-5-7-14)13-19-10-15-8-9-16(11-19)20-15/h3-7,15-16,18H,8-13H2,1-2H3. The minimum atomic E-state index is 0.160. The zero-order valence-corrected chi connectivity index (χ0v) is 12.6. The topological polar surface area (TPSA) is 24.5 Å². The SMILES string of the molecule is CNCC(C)(CN1CC2CCC(C1)O2)c1ccccc1. The molecule has 0 radical (unpaired) electrons. The van der Waals surface area contributed by atoms with Crippen molar-refractivity contribution >= 4 is 0 Å². The van der Waals surface area contributed by atoms with Crippen LogP contribution in [0.5, 0.6) is 0 Å². The van der Waals surface area contributed by atoms with Gasteiger partial charge in [0.1, 0.15) is 0 Å². The highest BCUT2D eigenvalue weighted by Crippen LogP contribution is 2.30. The van der Waals surface area contributed by atoms with E-state index in [1.54, 1.807) is 0 Å². The maximum absolute atomic E-state index is 5.95. The molecular weight excluding hydrogens is 248 g/mol. The Balaban J connectivity index is 1.74. The Morgan fingerprint density at radius 1 is 1.20 bits per heavy atom. The zero-order valence-electron chi connectivity index (χ0n) is 12.6. The molecule has 1 aromatic rings. The van der Waals surface area contributed by atoms with Gasteiger partial charge in [-0.1, -0.05) is 37.3 Å². The molecule has 110 valence electrons. The second-order valence-corrected chi connectivity index (χ2v) is 6.61. The van der Waals surface area contributed by atoms with E-state index < -0.39 is 0 Å². The third kappa shape index (κ3) is 2.90. The second-order valence-electron chi connectivity index (χ2n) is 6.61. The van der Waals surface area contributed by atoms with E-state index in [-0.39, 0.29) is 5.41 Å². The molecule has 3 rings (SSSR count). The van der Waals surface area contributed by atoms with E-state index in [4.69, 9.17) is 4.74 Å². The zero-order chi connectivity index (χ0) is 14.0. The monoisotopic (exact) mass is 274 g/mol. The van der Waals surface area contributed by atoms with Crippen LogP contribution in [0.25, 0.3) is 0 Å². The summed E-state index contributed by atoms with van der Waals surface area (Å²) in [7, 11) is 2.05. The van der Waals surface area contributed by atoms with Gasteiger partial charge in [0.2, 0.25) is 0 Å². The maximum atomic E-state index is 5.95. The lowest BCUT2D eigenvalue weighted by Crippen LogP contribution is -2.50. The smallest absolute Gasteiger partial charge is 0.0707 e. The van der Waals surface area contributed by atoms with E-state index in [0.29, 0.717) is 12.2 Å². The number of likely N-dealkylation sites (tertiary alicyclic amines) is 1. The number of fused-ring (bicyclic) bond motifs is 2. The summed E-state index contributed by atoms with van der Waals surface area (Å²) in [4.78, 5) is 2.61. The van der Waals surface area contributed by atoms with E-state index >= 15 is 0 Å². The summed E-state index contributed by atoms with van der Waals surface area (Å²) < 4.78 is 5.95. The van der Waals surface area contributed by atoms with E-state index in [1.165, 1.54) is 18.4 Å². The quantitative estimate of drug-likeness (QED) is 0.889. The van der Waals surface area contributed by atoms with Gasteiger partial charge in [0.05, 0.1) is 12.2 Å². The fraction of sp³-hybridized carbons (Fsp3) is 0.647. The van der Waals surface area contributed by atoms with Gasteiger partial charge in [-0.3, -0.25) is 4.90 Å². The van der Waals surface area contributed by atoms with Crippen LogP contribution in [0.1, 0.15) is 25.3 Å². The van der Waals surface area contributed by atoms with Crippen LogP contribution in [0.3, 0.4) is 0 Å². The van der Waals surface area contributed by atoms with Gasteiger partial charge in [0.25, 0.3) is 0 Å². The fourth-order valence-corrected chi connectivity index (χ4v) is 3.80. The first-order valence-electron chi connectivity index (χ1n) is 7.77. The first-order chi connectivity index (χ1) is 9.69. The average Bonchev–Trinajstić information content (AvgIpc) is 2.79. The largest absolute Gasteiger partial charge is 0.372 e. The van der Waals surface area contributed by atoms with Crippen molar-refractivity contribution in [3.05, 3.63) is 35.9 Å². The summed E-state index contributed by atoms with van der Waals surface area (Å²) in [6.07, 6.45) is 3.44. The van der Waals surface area contributed by atoms with Gasteiger partial charge in [-0.05, 0) is 25.5 Å². The molecule has 3 atom stereocenters. The normalized spacial score (nSPS) is 29.3. The molecule has 2 aliphatic heterocycles. The van der Waals surface area contributed by atoms with Crippen LogP contribution in [-0.4, -0.2) is 50.3 Å². The Morgan fingerprint density at radius 3 is 2.45 bits per heavy atom. The molecule has 0 spiro atoms. The number of nitrogens with one attached hydrogen (secondary N) is 1. The summed E-state index contributed by atoms with van der Waals surface area (Å²) in [5, 5.41) is 3.38. The van der Waals surface area contributed by atoms with Crippen molar-refractivity contribution in [2.75, 3.05) is 33.2 Å². The number of rotatable bonds is 5. The lowest BCUT2D eigenvalue weighted by atomic mass is 9.81. The van der Waals surface area contributed by atoms with Gasteiger partial charge < -0.3 is 10.1 Å². The van der Waals surface area contributed by atoms with Crippen LogP contribution < -0.4 is 5.32 Å². The highest BCUT2D eigenvalue weighted by molar-refractivity contribution is 5.25. The molecule has 3 unspecified atom stereocenters. The van der Waals surface area contributed by atoms with Crippen LogP contribution in [0.4, 0.5) is 0 Å². The number of nitrogens with zero attached hydrogens (tertiary/aromatic N) is 1. The van der Waals surface area contributed by atoms with Gasteiger partial charge in [-0.15, -0.1) is 0 Å². The van der Waals surface area contributed by atoms with E-state index in [9.17, 15) is 0 Å². The molecule has 20 heavy (non-hydrogen) atoms. The van der Waals surface area contributed by atoms with Crippen LogP contribution >= 0.6 is 0 Å². The molecule has 3 nitrogen and oxygen atoms in total. The maximum Gasteiger partial charge on any atom is 0.0707 e. The Morgan fingerprint density at radius 2 is 1.85 bits per heavy atom. The number of hydrogen-bond acceptors (Lipinski definition) is 3. The molecule has 0 amide bonds. The van der Waals surface area contributed by atoms with Gasteiger partial charge in [-0.25, -0.2) is 0 Å². The molecule has 2 bridgehead atoms. The van der Waals surface area contributed by atoms with Crippen LogP contribution in [0.2, 0.25) is 0 Å². The van der Waals surface area contributed by atoms with Crippen molar-refractivity contribution in [3.63, 3.8) is 0 Å². The second kappa shape index (κ2) is 5.84. The summed E-state index contributed by atoms with van der Waals surface area (Å²) in [6, 6.07) is 10.9. The minimum Gasteiger partial charge on any atom is -0.372 e.